The van der Waals surface area contributed by atoms with E-state index in [9.17, 15) is 4.79 Å². The third kappa shape index (κ3) is 2.29. The largest absolute Gasteiger partial charge is 0.356 e. The van der Waals surface area contributed by atoms with Crippen LogP contribution in [0.2, 0.25) is 0 Å². The number of carbonyl (C=O) groups is 1. The fourth-order valence-electron chi connectivity index (χ4n) is 0.650. The molecule has 1 heterocycles. The summed E-state index contributed by atoms with van der Waals surface area (Å²) in [5, 5.41) is 0. The Hall–Kier alpha value is -1.51. The summed E-state index contributed by atoms with van der Waals surface area (Å²) in [4.78, 5) is 15.6. The van der Waals surface area contributed by atoms with Gasteiger partial charge >= 0.3 is 5.97 Å². The highest BCUT2D eigenvalue weighted by molar-refractivity contribution is 5.81. The topological polar surface area (TPSA) is 31.2 Å². The standard InChI is InChI=1S/C8H9NO2/c1-2-5-8(10)11-9-6-3-4-7-9/h2-7H,1H3/b5-2+. The van der Waals surface area contributed by atoms with Crippen LogP contribution in [-0.2, 0) is 4.79 Å². The molecule has 0 amide bonds. The van der Waals surface area contributed by atoms with Gasteiger partial charge in [-0.25, -0.2) is 4.79 Å². The van der Waals surface area contributed by atoms with Crippen LogP contribution < -0.4 is 4.84 Å². The van der Waals surface area contributed by atoms with E-state index < -0.39 is 0 Å². The molecule has 1 aromatic heterocycles. The Bertz CT molecular complexity index is 249. The molecular weight excluding hydrogens is 142 g/mol. The van der Waals surface area contributed by atoms with Gasteiger partial charge in [-0.15, -0.1) is 0 Å². The summed E-state index contributed by atoms with van der Waals surface area (Å²) in [6, 6.07) is 3.56. The van der Waals surface area contributed by atoms with E-state index in [0.29, 0.717) is 0 Å². The molecule has 0 spiro atoms. The molecule has 0 fully saturated rings. The maximum absolute atomic E-state index is 10.8. The molecule has 0 bridgehead atoms. The lowest BCUT2D eigenvalue weighted by molar-refractivity contribution is -0.138. The zero-order valence-corrected chi connectivity index (χ0v) is 6.23. The van der Waals surface area contributed by atoms with Crippen LogP contribution in [0.4, 0.5) is 0 Å². The van der Waals surface area contributed by atoms with E-state index in [1.165, 1.54) is 10.8 Å². The van der Waals surface area contributed by atoms with Gasteiger partial charge < -0.3 is 4.84 Å². The van der Waals surface area contributed by atoms with Gasteiger partial charge in [-0.05, 0) is 19.1 Å². The van der Waals surface area contributed by atoms with Crippen molar-refractivity contribution in [3.05, 3.63) is 36.7 Å². The first-order valence-electron chi connectivity index (χ1n) is 3.31. The number of aromatic nitrogens is 1. The van der Waals surface area contributed by atoms with Crippen LogP contribution in [0.25, 0.3) is 0 Å². The number of rotatable bonds is 2. The minimum atomic E-state index is -0.372. The molecule has 11 heavy (non-hydrogen) atoms. The molecule has 0 radical (unpaired) electrons. The quantitative estimate of drug-likeness (QED) is 0.591. The van der Waals surface area contributed by atoms with E-state index in [0.717, 1.165) is 0 Å². The van der Waals surface area contributed by atoms with Crippen molar-refractivity contribution in [1.82, 2.24) is 4.73 Å². The van der Waals surface area contributed by atoms with E-state index >= 15 is 0 Å². The van der Waals surface area contributed by atoms with Crippen LogP contribution in [0, 0.1) is 0 Å². The summed E-state index contributed by atoms with van der Waals surface area (Å²) < 4.78 is 1.35. The smallest absolute Gasteiger partial charge is 0.332 e. The lowest BCUT2D eigenvalue weighted by Gasteiger charge is -1.98. The molecule has 1 aromatic rings. The van der Waals surface area contributed by atoms with Crippen LogP contribution in [0.3, 0.4) is 0 Å². The van der Waals surface area contributed by atoms with Gasteiger partial charge in [-0.2, -0.15) is 4.73 Å². The Balaban J connectivity index is 2.50. The molecule has 0 aliphatic heterocycles. The molecule has 0 unspecified atom stereocenters. The summed E-state index contributed by atoms with van der Waals surface area (Å²) in [6.45, 7) is 1.76. The van der Waals surface area contributed by atoms with Gasteiger partial charge in [0.2, 0.25) is 0 Å². The van der Waals surface area contributed by atoms with Gasteiger partial charge in [0, 0.05) is 18.5 Å². The number of allylic oxidation sites excluding steroid dienone is 1. The summed E-state index contributed by atoms with van der Waals surface area (Å²) in [6.07, 6.45) is 6.30. The second kappa shape index (κ2) is 3.61. The Labute approximate surface area is 64.8 Å². The minimum absolute atomic E-state index is 0.372. The van der Waals surface area contributed by atoms with Crippen molar-refractivity contribution in [3.63, 3.8) is 0 Å². The predicted molar refractivity (Wildman–Crippen MR) is 40.8 cm³/mol. The third-order valence-corrected chi connectivity index (χ3v) is 1.08. The zero-order valence-electron chi connectivity index (χ0n) is 6.23. The number of hydrogen-bond donors (Lipinski definition) is 0. The monoisotopic (exact) mass is 151 g/mol. The van der Waals surface area contributed by atoms with Crippen LogP contribution in [-0.4, -0.2) is 10.7 Å². The van der Waals surface area contributed by atoms with Crippen LogP contribution >= 0.6 is 0 Å². The first-order chi connectivity index (χ1) is 5.33. The third-order valence-electron chi connectivity index (χ3n) is 1.08. The van der Waals surface area contributed by atoms with E-state index in [-0.39, 0.29) is 5.97 Å². The van der Waals surface area contributed by atoms with E-state index in [2.05, 4.69) is 0 Å². The predicted octanol–water partition coefficient (Wildman–Crippen LogP) is 1.02. The summed E-state index contributed by atoms with van der Waals surface area (Å²) in [7, 11) is 0. The highest BCUT2D eigenvalue weighted by Crippen LogP contribution is 1.86. The first kappa shape index (κ1) is 7.60. The number of nitrogens with zero attached hydrogens (tertiary/aromatic N) is 1. The maximum Gasteiger partial charge on any atom is 0.356 e. The lowest BCUT2D eigenvalue weighted by atomic mass is 10.5. The van der Waals surface area contributed by atoms with Crippen LogP contribution in [0.1, 0.15) is 6.92 Å². The zero-order chi connectivity index (χ0) is 8.10. The van der Waals surface area contributed by atoms with Gasteiger partial charge in [-0.3, -0.25) is 0 Å². The Morgan fingerprint density at radius 1 is 1.45 bits per heavy atom. The van der Waals surface area contributed by atoms with Crippen LogP contribution in [0.15, 0.2) is 36.7 Å². The molecule has 0 aliphatic rings. The minimum Gasteiger partial charge on any atom is -0.332 e. The van der Waals surface area contributed by atoms with Crippen molar-refractivity contribution in [3.8, 4) is 0 Å². The van der Waals surface area contributed by atoms with Crippen LogP contribution in [0.5, 0.6) is 0 Å². The highest BCUT2D eigenvalue weighted by atomic mass is 16.7. The molecule has 0 N–H and O–H groups in total. The molecule has 3 heteroatoms. The summed E-state index contributed by atoms with van der Waals surface area (Å²) in [5.74, 6) is -0.372. The molecule has 0 saturated heterocycles. The van der Waals surface area contributed by atoms with E-state index in [1.807, 2.05) is 0 Å². The van der Waals surface area contributed by atoms with Gasteiger partial charge in [0.1, 0.15) is 0 Å². The molecule has 0 aliphatic carbocycles. The molecule has 0 saturated carbocycles. The number of hydrogen-bond acceptors (Lipinski definition) is 2. The fraction of sp³-hybridized carbons (Fsp3) is 0.125. The van der Waals surface area contributed by atoms with Crippen molar-refractivity contribution < 1.29 is 9.63 Å². The van der Waals surface area contributed by atoms with Crippen molar-refractivity contribution in [1.29, 1.82) is 0 Å². The van der Waals surface area contributed by atoms with Gasteiger partial charge in [0.15, 0.2) is 0 Å². The van der Waals surface area contributed by atoms with Gasteiger partial charge in [0.25, 0.3) is 0 Å². The molecule has 3 nitrogen and oxygen atoms in total. The summed E-state index contributed by atoms with van der Waals surface area (Å²) >= 11 is 0. The lowest BCUT2D eigenvalue weighted by Crippen LogP contribution is -2.15. The molecule has 1 rings (SSSR count). The first-order valence-corrected chi connectivity index (χ1v) is 3.31. The normalized spacial score (nSPS) is 10.3. The second-order valence-corrected chi connectivity index (χ2v) is 1.95. The van der Waals surface area contributed by atoms with Gasteiger partial charge in [-0.1, -0.05) is 6.08 Å². The molecule has 58 valence electrons. The highest BCUT2D eigenvalue weighted by Gasteiger charge is 1.95. The molecular formula is C8H9NO2. The molecule has 0 atom stereocenters. The Kier molecular flexibility index (Phi) is 2.49. The fourth-order valence-corrected chi connectivity index (χ4v) is 0.650. The Morgan fingerprint density at radius 2 is 2.09 bits per heavy atom. The van der Waals surface area contributed by atoms with Crippen molar-refractivity contribution >= 4 is 5.97 Å². The van der Waals surface area contributed by atoms with Gasteiger partial charge in [0.05, 0.1) is 0 Å². The maximum atomic E-state index is 10.8. The molecule has 0 aromatic carbocycles. The SMILES string of the molecule is C/C=C/C(=O)On1cccc1. The van der Waals surface area contributed by atoms with E-state index in [4.69, 9.17) is 4.84 Å². The average Bonchev–Trinajstić information content (AvgIpc) is 2.40. The second-order valence-electron chi connectivity index (χ2n) is 1.95. The Morgan fingerprint density at radius 3 is 2.64 bits per heavy atom. The van der Waals surface area contributed by atoms with Crippen molar-refractivity contribution in [2.24, 2.45) is 0 Å². The van der Waals surface area contributed by atoms with Crippen molar-refractivity contribution in [2.45, 2.75) is 6.92 Å². The van der Waals surface area contributed by atoms with E-state index in [1.54, 1.807) is 37.5 Å². The number of carbonyl (C=O) groups excluding carboxylic acids is 1. The summed E-state index contributed by atoms with van der Waals surface area (Å²) in [5.41, 5.74) is 0. The van der Waals surface area contributed by atoms with Crippen molar-refractivity contribution in [2.75, 3.05) is 0 Å². The average molecular weight is 151 g/mol.